The molecule has 0 aliphatic heterocycles. The third-order valence-corrected chi connectivity index (χ3v) is 3.48. The fourth-order valence-corrected chi connectivity index (χ4v) is 2.11. The lowest BCUT2D eigenvalue weighted by atomic mass is 10.1. The van der Waals surface area contributed by atoms with Crippen LogP contribution in [0.4, 0.5) is 10.1 Å². The Labute approximate surface area is 128 Å². The van der Waals surface area contributed by atoms with E-state index in [0.29, 0.717) is 12.1 Å². The lowest BCUT2D eigenvalue weighted by molar-refractivity contribution is -0.117. The molecule has 5 nitrogen and oxygen atoms in total. The van der Waals surface area contributed by atoms with Crippen molar-refractivity contribution < 1.29 is 14.0 Å². The molecule has 0 radical (unpaired) electrons. The SMILES string of the molecule is CSCC[C@H](N)C(=O)Nc1ccc(F)c(C(=O)N(C)C)c1. The van der Waals surface area contributed by atoms with Crippen LogP contribution in [0.2, 0.25) is 0 Å². The van der Waals surface area contributed by atoms with Crippen molar-refractivity contribution in [2.45, 2.75) is 12.5 Å². The molecule has 0 aromatic heterocycles. The summed E-state index contributed by atoms with van der Waals surface area (Å²) in [6, 6.07) is 3.24. The summed E-state index contributed by atoms with van der Waals surface area (Å²) in [5, 5.41) is 2.60. The van der Waals surface area contributed by atoms with Gasteiger partial charge in [-0.1, -0.05) is 0 Å². The molecule has 1 rings (SSSR count). The van der Waals surface area contributed by atoms with Gasteiger partial charge in [0, 0.05) is 19.8 Å². The van der Waals surface area contributed by atoms with Gasteiger partial charge < -0.3 is 16.0 Å². The second-order valence-corrected chi connectivity index (χ2v) is 5.76. The number of nitrogens with one attached hydrogen (secondary N) is 1. The van der Waals surface area contributed by atoms with E-state index >= 15 is 0 Å². The first-order chi connectivity index (χ1) is 9.86. The van der Waals surface area contributed by atoms with Gasteiger partial charge in [0.15, 0.2) is 0 Å². The van der Waals surface area contributed by atoms with Crippen LogP contribution in [0.5, 0.6) is 0 Å². The zero-order chi connectivity index (χ0) is 16.0. The van der Waals surface area contributed by atoms with Gasteiger partial charge >= 0.3 is 0 Å². The predicted molar refractivity (Wildman–Crippen MR) is 84.0 cm³/mol. The second-order valence-electron chi connectivity index (χ2n) is 4.77. The molecule has 0 fully saturated rings. The first-order valence-corrected chi connectivity index (χ1v) is 7.82. The van der Waals surface area contributed by atoms with Crippen LogP contribution in [0.15, 0.2) is 18.2 Å². The molecule has 7 heteroatoms. The number of halogens is 1. The van der Waals surface area contributed by atoms with Gasteiger partial charge in [0.25, 0.3) is 5.91 Å². The van der Waals surface area contributed by atoms with E-state index in [1.807, 2.05) is 6.26 Å². The number of nitrogens with two attached hydrogens (primary N) is 1. The third kappa shape index (κ3) is 5.02. The number of anilines is 1. The molecule has 0 spiro atoms. The minimum atomic E-state index is -0.629. The van der Waals surface area contributed by atoms with E-state index < -0.39 is 17.8 Å². The molecule has 0 saturated carbocycles. The van der Waals surface area contributed by atoms with Crippen LogP contribution in [0.3, 0.4) is 0 Å². The Morgan fingerprint density at radius 2 is 2.10 bits per heavy atom. The summed E-state index contributed by atoms with van der Waals surface area (Å²) in [6.07, 6.45) is 2.49. The van der Waals surface area contributed by atoms with Gasteiger partial charge in [-0.2, -0.15) is 11.8 Å². The molecule has 0 bridgehead atoms. The molecule has 0 aliphatic carbocycles. The Balaban J connectivity index is 2.83. The van der Waals surface area contributed by atoms with E-state index in [-0.39, 0.29) is 11.5 Å². The van der Waals surface area contributed by atoms with Gasteiger partial charge in [-0.05, 0) is 36.6 Å². The summed E-state index contributed by atoms with van der Waals surface area (Å²) in [5.74, 6) is -0.657. The first-order valence-electron chi connectivity index (χ1n) is 6.43. The van der Waals surface area contributed by atoms with E-state index in [2.05, 4.69) is 5.32 Å². The summed E-state index contributed by atoms with van der Waals surface area (Å²) in [6.45, 7) is 0. The average Bonchev–Trinajstić information content (AvgIpc) is 2.45. The maximum atomic E-state index is 13.7. The van der Waals surface area contributed by atoms with E-state index in [9.17, 15) is 14.0 Å². The van der Waals surface area contributed by atoms with Crippen LogP contribution in [0.1, 0.15) is 16.8 Å². The molecular weight excluding hydrogens is 293 g/mol. The smallest absolute Gasteiger partial charge is 0.256 e. The molecule has 0 unspecified atom stereocenters. The summed E-state index contributed by atoms with van der Waals surface area (Å²) in [4.78, 5) is 25.0. The maximum absolute atomic E-state index is 13.7. The zero-order valence-corrected chi connectivity index (χ0v) is 13.2. The summed E-state index contributed by atoms with van der Waals surface area (Å²) >= 11 is 1.61. The quantitative estimate of drug-likeness (QED) is 0.835. The first kappa shape index (κ1) is 17.5. The number of nitrogens with zero attached hydrogens (tertiary/aromatic N) is 1. The zero-order valence-electron chi connectivity index (χ0n) is 12.4. The Bertz CT molecular complexity index is 523. The maximum Gasteiger partial charge on any atom is 0.256 e. The molecule has 0 aliphatic rings. The standard InChI is InChI=1S/C14H20FN3O2S/c1-18(2)14(20)10-8-9(4-5-11(10)15)17-13(19)12(16)6-7-21-3/h4-5,8,12H,6-7,16H2,1-3H3,(H,17,19)/t12-/m0/s1. The van der Waals surface area contributed by atoms with Gasteiger partial charge in [0.05, 0.1) is 11.6 Å². The number of carbonyl (C=O) groups is 2. The van der Waals surface area contributed by atoms with Gasteiger partial charge in [-0.15, -0.1) is 0 Å². The van der Waals surface area contributed by atoms with Gasteiger partial charge in [0.2, 0.25) is 5.91 Å². The summed E-state index contributed by atoms with van der Waals surface area (Å²) < 4.78 is 13.7. The van der Waals surface area contributed by atoms with Crippen LogP contribution in [-0.4, -0.2) is 48.9 Å². The fourth-order valence-electron chi connectivity index (χ4n) is 1.62. The van der Waals surface area contributed by atoms with Crippen molar-refractivity contribution in [3.63, 3.8) is 0 Å². The van der Waals surface area contributed by atoms with Crippen LogP contribution in [-0.2, 0) is 4.79 Å². The minimum Gasteiger partial charge on any atom is -0.345 e. The average molecular weight is 313 g/mol. The topological polar surface area (TPSA) is 75.4 Å². The second kappa shape index (κ2) is 7.99. The van der Waals surface area contributed by atoms with Gasteiger partial charge in [-0.25, -0.2) is 4.39 Å². The summed E-state index contributed by atoms with van der Waals surface area (Å²) in [5.41, 5.74) is 6.02. The monoisotopic (exact) mass is 313 g/mol. The number of carbonyl (C=O) groups excluding carboxylic acids is 2. The Morgan fingerprint density at radius 3 is 2.67 bits per heavy atom. The number of hydrogen-bond donors (Lipinski definition) is 2. The molecule has 1 aromatic rings. The van der Waals surface area contributed by atoms with Crippen molar-refractivity contribution in [2.75, 3.05) is 31.4 Å². The summed E-state index contributed by atoms with van der Waals surface area (Å²) in [7, 11) is 3.07. The van der Waals surface area contributed by atoms with Gasteiger partial charge in [-0.3, -0.25) is 9.59 Å². The van der Waals surface area contributed by atoms with Crippen molar-refractivity contribution in [3.8, 4) is 0 Å². The molecule has 1 aromatic carbocycles. The highest BCUT2D eigenvalue weighted by Gasteiger charge is 2.17. The van der Waals surface area contributed by atoms with Gasteiger partial charge in [0.1, 0.15) is 5.82 Å². The fraction of sp³-hybridized carbons (Fsp3) is 0.429. The number of thioether (sulfide) groups is 1. The molecule has 0 saturated heterocycles. The van der Waals surface area contributed by atoms with Crippen LogP contribution >= 0.6 is 11.8 Å². The van der Waals surface area contributed by atoms with Crippen LogP contribution in [0, 0.1) is 5.82 Å². The minimum absolute atomic E-state index is 0.0875. The van der Waals surface area contributed by atoms with Crippen molar-refractivity contribution in [2.24, 2.45) is 5.73 Å². The van der Waals surface area contributed by atoms with Crippen LogP contribution in [0.25, 0.3) is 0 Å². The number of hydrogen-bond acceptors (Lipinski definition) is 4. The highest BCUT2D eigenvalue weighted by molar-refractivity contribution is 7.98. The normalized spacial score (nSPS) is 11.9. The van der Waals surface area contributed by atoms with Crippen LogP contribution < -0.4 is 11.1 Å². The van der Waals surface area contributed by atoms with E-state index in [1.165, 1.54) is 31.1 Å². The molecule has 116 valence electrons. The number of benzene rings is 1. The molecule has 0 heterocycles. The lowest BCUT2D eigenvalue weighted by Crippen LogP contribution is -2.36. The van der Waals surface area contributed by atoms with Crippen molar-refractivity contribution in [1.82, 2.24) is 4.90 Å². The van der Waals surface area contributed by atoms with E-state index in [0.717, 1.165) is 11.8 Å². The van der Waals surface area contributed by atoms with Crippen molar-refractivity contribution in [1.29, 1.82) is 0 Å². The Kier molecular flexibility index (Phi) is 6.64. The Hall–Kier alpha value is -1.60. The number of rotatable bonds is 6. The molecule has 2 amide bonds. The molecule has 1 atom stereocenters. The number of amides is 2. The van der Waals surface area contributed by atoms with E-state index in [1.54, 1.807) is 11.8 Å². The highest BCUT2D eigenvalue weighted by Crippen LogP contribution is 2.16. The van der Waals surface area contributed by atoms with E-state index in [4.69, 9.17) is 5.73 Å². The molecular formula is C14H20FN3O2S. The molecule has 3 N–H and O–H groups in total. The van der Waals surface area contributed by atoms with Crippen molar-refractivity contribution >= 4 is 29.3 Å². The van der Waals surface area contributed by atoms with Crippen molar-refractivity contribution in [3.05, 3.63) is 29.6 Å². The lowest BCUT2D eigenvalue weighted by Gasteiger charge is -2.14. The highest BCUT2D eigenvalue weighted by atomic mass is 32.2. The Morgan fingerprint density at radius 1 is 1.43 bits per heavy atom. The molecule has 21 heavy (non-hydrogen) atoms. The predicted octanol–water partition coefficient (Wildman–Crippen LogP) is 1.55. The third-order valence-electron chi connectivity index (χ3n) is 2.84. The largest absolute Gasteiger partial charge is 0.345 e.